The fourth-order valence-corrected chi connectivity index (χ4v) is 2.69. The maximum atomic E-state index is 9.45. The van der Waals surface area contributed by atoms with Gasteiger partial charge in [-0.2, -0.15) is 0 Å². The second kappa shape index (κ2) is 23.4. The number of hydrogen-bond acceptors (Lipinski definition) is 3. The van der Waals surface area contributed by atoms with Gasteiger partial charge in [0.1, 0.15) is 6.10 Å². The molecule has 152 valence electrons. The molecule has 0 heterocycles. The summed E-state index contributed by atoms with van der Waals surface area (Å²) >= 11 is 0. The molecule has 0 radical (unpaired) electrons. The molecule has 4 heteroatoms. The predicted octanol–water partition coefficient (Wildman–Crippen LogP) is 5.66. The number of aliphatic hydroxyl groups is 1. The summed E-state index contributed by atoms with van der Waals surface area (Å²) in [5.74, 6) is -1.19. The highest BCUT2D eigenvalue weighted by atomic mass is 16.4. The summed E-state index contributed by atoms with van der Waals surface area (Å²) in [4.78, 5) is 9.45. The molecule has 0 aliphatic heterocycles. The van der Waals surface area contributed by atoms with E-state index in [1.165, 1.54) is 110 Å². The topological polar surface area (TPSA) is 83.5 Å². The van der Waals surface area contributed by atoms with Crippen LogP contribution >= 0.6 is 0 Å². The average molecular weight is 360 g/mol. The number of aliphatic carboxylic acids is 1. The Balaban J connectivity index is 0. The Labute approximate surface area is 156 Å². The molecule has 0 saturated carbocycles. The highest BCUT2D eigenvalue weighted by Crippen LogP contribution is 2.13. The molecule has 0 fully saturated rings. The Kier molecular flexibility index (Phi) is 24.9. The molecule has 0 aromatic carbocycles. The summed E-state index contributed by atoms with van der Waals surface area (Å²) in [5.41, 5.74) is 5.48. The van der Waals surface area contributed by atoms with E-state index in [2.05, 4.69) is 6.92 Å². The van der Waals surface area contributed by atoms with Crippen LogP contribution in [0.15, 0.2) is 0 Å². The Morgan fingerprint density at radius 2 is 0.960 bits per heavy atom. The first-order chi connectivity index (χ1) is 12.1. The predicted molar refractivity (Wildman–Crippen MR) is 108 cm³/mol. The van der Waals surface area contributed by atoms with Gasteiger partial charge in [0, 0.05) is 0 Å². The van der Waals surface area contributed by atoms with E-state index in [0.29, 0.717) is 0 Å². The largest absolute Gasteiger partial charge is 0.479 e. The number of rotatable bonds is 17. The van der Waals surface area contributed by atoms with Crippen LogP contribution < -0.4 is 5.73 Å². The molecule has 4 nitrogen and oxygen atoms in total. The molecule has 0 aliphatic carbocycles. The van der Waals surface area contributed by atoms with E-state index in [-0.39, 0.29) is 0 Å². The standard InChI is InChI=1S/C18H39N.C3H6O3/c1-2-3-4-5-6-7-8-9-10-11-12-13-14-15-16-17-18-19;1-2(4)3(5)6/h2-19H2,1H3;2,4H,1H3,(H,5,6). The molecule has 0 spiro atoms. The summed E-state index contributed by atoms with van der Waals surface area (Å²) in [5, 5.41) is 15.8. The van der Waals surface area contributed by atoms with Gasteiger partial charge in [0.2, 0.25) is 0 Å². The summed E-state index contributed by atoms with van der Waals surface area (Å²) in [7, 11) is 0. The number of unbranched alkanes of at least 4 members (excludes halogenated alkanes) is 15. The zero-order valence-corrected chi connectivity index (χ0v) is 17.0. The minimum absolute atomic E-state index is 0.873. The average Bonchev–Trinajstić information content (AvgIpc) is 2.59. The first kappa shape index (κ1) is 26.6. The van der Waals surface area contributed by atoms with Crippen molar-refractivity contribution in [2.75, 3.05) is 6.54 Å². The minimum Gasteiger partial charge on any atom is -0.479 e. The number of carboxylic acids is 1. The van der Waals surface area contributed by atoms with Crippen LogP contribution in [0.4, 0.5) is 0 Å². The normalized spacial score (nSPS) is 11.7. The first-order valence-electron chi connectivity index (χ1n) is 10.7. The van der Waals surface area contributed by atoms with Crippen LogP contribution in [-0.4, -0.2) is 28.8 Å². The van der Waals surface area contributed by atoms with Gasteiger partial charge in [0.05, 0.1) is 0 Å². The number of carboxylic acid groups (broad SMARTS) is 1. The maximum absolute atomic E-state index is 9.45. The molecule has 0 saturated heterocycles. The molecule has 0 aromatic heterocycles. The van der Waals surface area contributed by atoms with E-state index in [1.54, 1.807) is 0 Å². The third kappa shape index (κ3) is 28.5. The van der Waals surface area contributed by atoms with E-state index in [1.807, 2.05) is 0 Å². The van der Waals surface area contributed by atoms with E-state index < -0.39 is 12.1 Å². The van der Waals surface area contributed by atoms with Crippen molar-refractivity contribution in [3.8, 4) is 0 Å². The van der Waals surface area contributed by atoms with Crippen LogP contribution in [0, 0.1) is 0 Å². The Morgan fingerprint density at radius 3 is 1.16 bits per heavy atom. The van der Waals surface area contributed by atoms with E-state index in [4.69, 9.17) is 15.9 Å². The second-order valence-corrected chi connectivity index (χ2v) is 7.11. The lowest BCUT2D eigenvalue weighted by atomic mass is 10.0. The number of aliphatic hydroxyl groups excluding tert-OH is 1. The van der Waals surface area contributed by atoms with Gasteiger partial charge in [-0.15, -0.1) is 0 Å². The van der Waals surface area contributed by atoms with E-state index in [9.17, 15) is 4.79 Å². The molecule has 4 N–H and O–H groups in total. The monoisotopic (exact) mass is 359 g/mol. The minimum atomic E-state index is -1.23. The van der Waals surface area contributed by atoms with Crippen molar-refractivity contribution in [2.45, 2.75) is 123 Å². The molecule has 1 atom stereocenters. The zero-order chi connectivity index (χ0) is 19.2. The van der Waals surface area contributed by atoms with Gasteiger partial charge in [-0.1, -0.05) is 103 Å². The Morgan fingerprint density at radius 1 is 0.720 bits per heavy atom. The van der Waals surface area contributed by atoms with Crippen LogP contribution in [0.5, 0.6) is 0 Å². The van der Waals surface area contributed by atoms with Crippen molar-refractivity contribution in [1.82, 2.24) is 0 Å². The first-order valence-corrected chi connectivity index (χ1v) is 10.7. The van der Waals surface area contributed by atoms with Gasteiger partial charge in [-0.05, 0) is 19.9 Å². The van der Waals surface area contributed by atoms with Crippen LogP contribution in [0.25, 0.3) is 0 Å². The smallest absolute Gasteiger partial charge is 0.332 e. The van der Waals surface area contributed by atoms with Gasteiger partial charge in [-0.3, -0.25) is 0 Å². The van der Waals surface area contributed by atoms with Gasteiger partial charge in [0.15, 0.2) is 0 Å². The van der Waals surface area contributed by atoms with Crippen molar-refractivity contribution in [1.29, 1.82) is 0 Å². The quantitative estimate of drug-likeness (QED) is 0.293. The second-order valence-electron chi connectivity index (χ2n) is 7.11. The van der Waals surface area contributed by atoms with Crippen molar-refractivity contribution in [3.63, 3.8) is 0 Å². The molecule has 25 heavy (non-hydrogen) atoms. The number of carbonyl (C=O) groups is 1. The number of nitrogens with two attached hydrogens (primary N) is 1. The third-order valence-electron chi connectivity index (χ3n) is 4.42. The molecular formula is C21H45NO3. The van der Waals surface area contributed by atoms with Gasteiger partial charge >= 0.3 is 5.97 Å². The molecule has 1 unspecified atom stereocenters. The number of hydrogen-bond donors (Lipinski definition) is 3. The van der Waals surface area contributed by atoms with Crippen LogP contribution in [-0.2, 0) is 4.79 Å². The lowest BCUT2D eigenvalue weighted by Gasteiger charge is -2.03. The SMILES string of the molecule is CC(O)C(=O)O.CCCCCCCCCCCCCCCCCCN. The third-order valence-corrected chi connectivity index (χ3v) is 4.42. The Bertz CT molecular complexity index is 242. The summed E-state index contributed by atoms with van der Waals surface area (Å²) in [6, 6.07) is 0. The molecule has 0 aliphatic rings. The van der Waals surface area contributed by atoms with Crippen molar-refractivity contribution < 1.29 is 15.0 Å². The summed E-state index contributed by atoms with van der Waals surface area (Å²) in [6.07, 6.45) is 21.6. The molecule has 0 aromatic rings. The highest BCUT2D eigenvalue weighted by Gasteiger charge is 2.01. The summed E-state index contributed by atoms with van der Waals surface area (Å²) in [6.45, 7) is 4.36. The van der Waals surface area contributed by atoms with E-state index in [0.717, 1.165) is 6.54 Å². The summed E-state index contributed by atoms with van der Waals surface area (Å²) < 4.78 is 0. The van der Waals surface area contributed by atoms with Gasteiger partial charge < -0.3 is 15.9 Å². The van der Waals surface area contributed by atoms with Crippen molar-refractivity contribution in [3.05, 3.63) is 0 Å². The van der Waals surface area contributed by atoms with Gasteiger partial charge in [-0.25, -0.2) is 4.79 Å². The molecule has 0 amide bonds. The lowest BCUT2D eigenvalue weighted by Crippen LogP contribution is -2.13. The zero-order valence-electron chi connectivity index (χ0n) is 17.0. The van der Waals surface area contributed by atoms with Gasteiger partial charge in [0.25, 0.3) is 0 Å². The van der Waals surface area contributed by atoms with Crippen molar-refractivity contribution >= 4 is 5.97 Å². The lowest BCUT2D eigenvalue weighted by molar-refractivity contribution is -0.145. The fourth-order valence-electron chi connectivity index (χ4n) is 2.69. The fraction of sp³-hybridized carbons (Fsp3) is 0.952. The Hall–Kier alpha value is -0.610. The van der Waals surface area contributed by atoms with Crippen LogP contribution in [0.3, 0.4) is 0 Å². The van der Waals surface area contributed by atoms with E-state index >= 15 is 0 Å². The molecular weight excluding hydrogens is 314 g/mol. The molecule has 0 bridgehead atoms. The highest BCUT2D eigenvalue weighted by molar-refractivity contribution is 5.71. The molecule has 0 rings (SSSR count). The maximum Gasteiger partial charge on any atom is 0.332 e. The van der Waals surface area contributed by atoms with Crippen LogP contribution in [0.1, 0.15) is 117 Å². The van der Waals surface area contributed by atoms with Crippen LogP contribution in [0.2, 0.25) is 0 Å². The van der Waals surface area contributed by atoms with Crippen molar-refractivity contribution in [2.24, 2.45) is 5.73 Å².